The van der Waals surface area contributed by atoms with Crippen molar-refractivity contribution < 1.29 is 19.1 Å². The van der Waals surface area contributed by atoms with E-state index in [1.807, 2.05) is 34.1 Å². The number of rotatable bonds is 7. The van der Waals surface area contributed by atoms with Crippen LogP contribution in [0.2, 0.25) is 5.02 Å². The predicted molar refractivity (Wildman–Crippen MR) is 189 cm³/mol. The fraction of sp³-hybridized carbons (Fsp3) is 0.763. The number of amides is 3. The molecular formula is C38H58ClN5O4. The molecule has 0 unspecified atom stereocenters. The SMILES string of the molecule is CCN1CCN(C(=O)[C@@H]2C[C@H](N(C(=O)[C@@H]3CCCO3)[C@H]3CC[C@@H](C)CC3)CN2C(=O)[C@@H]2CN(C(C)(C)C)C[C@H]2c2ccc(Cl)cc2)CC1. The topological polar surface area (TPSA) is 76.6 Å². The van der Waals surface area contributed by atoms with Crippen molar-refractivity contribution in [2.75, 3.05) is 59.0 Å². The lowest BCUT2D eigenvalue weighted by Crippen LogP contribution is -2.55. The fourth-order valence-electron chi connectivity index (χ4n) is 8.97. The predicted octanol–water partition coefficient (Wildman–Crippen LogP) is 4.87. The minimum Gasteiger partial charge on any atom is -0.368 e. The molecule has 9 nitrogen and oxygen atoms in total. The second kappa shape index (κ2) is 15.0. The maximum Gasteiger partial charge on any atom is 0.252 e. The van der Waals surface area contributed by atoms with Gasteiger partial charge in [-0.2, -0.15) is 0 Å². The third kappa shape index (κ3) is 7.59. The number of piperazine rings is 1. The van der Waals surface area contributed by atoms with E-state index in [0.717, 1.165) is 70.3 Å². The molecule has 4 aliphatic heterocycles. The molecule has 5 aliphatic rings. The molecule has 3 amide bonds. The first-order chi connectivity index (χ1) is 22.9. The lowest BCUT2D eigenvalue weighted by Gasteiger charge is -2.41. The van der Waals surface area contributed by atoms with Gasteiger partial charge in [-0.3, -0.25) is 19.3 Å². The van der Waals surface area contributed by atoms with Gasteiger partial charge in [0, 0.05) is 74.9 Å². The van der Waals surface area contributed by atoms with Crippen molar-refractivity contribution in [3.05, 3.63) is 34.9 Å². The zero-order valence-electron chi connectivity index (χ0n) is 29.9. The Bertz CT molecular complexity index is 1280. The van der Waals surface area contributed by atoms with Gasteiger partial charge in [-0.05, 0) is 95.9 Å². The van der Waals surface area contributed by atoms with Gasteiger partial charge in [-0.25, -0.2) is 0 Å². The summed E-state index contributed by atoms with van der Waals surface area (Å²) in [5.74, 6) is 0.480. The molecule has 48 heavy (non-hydrogen) atoms. The summed E-state index contributed by atoms with van der Waals surface area (Å²) in [6, 6.07) is 7.25. The zero-order chi connectivity index (χ0) is 34.2. The van der Waals surface area contributed by atoms with E-state index in [2.05, 4.69) is 49.3 Å². The highest BCUT2D eigenvalue weighted by atomic mass is 35.5. The van der Waals surface area contributed by atoms with Gasteiger partial charge in [0.1, 0.15) is 12.1 Å². The molecule has 266 valence electrons. The van der Waals surface area contributed by atoms with Gasteiger partial charge in [-0.1, -0.05) is 37.6 Å². The Kier molecular flexibility index (Phi) is 11.1. The zero-order valence-corrected chi connectivity index (χ0v) is 30.7. The molecule has 1 aromatic rings. The van der Waals surface area contributed by atoms with Gasteiger partial charge >= 0.3 is 0 Å². The van der Waals surface area contributed by atoms with Crippen molar-refractivity contribution >= 4 is 29.3 Å². The van der Waals surface area contributed by atoms with E-state index < -0.39 is 12.1 Å². The first-order valence-corrected chi connectivity index (χ1v) is 19.1. The Balaban J connectivity index is 1.32. The highest BCUT2D eigenvalue weighted by Crippen LogP contribution is 2.40. The maximum absolute atomic E-state index is 15.0. The van der Waals surface area contributed by atoms with Gasteiger partial charge in [0.05, 0.1) is 12.0 Å². The van der Waals surface area contributed by atoms with Crippen LogP contribution in [0.1, 0.15) is 91.0 Å². The van der Waals surface area contributed by atoms with E-state index in [1.165, 1.54) is 0 Å². The molecule has 1 saturated carbocycles. The average molecular weight is 684 g/mol. The monoisotopic (exact) mass is 683 g/mol. The molecule has 1 aromatic carbocycles. The number of hydrogen-bond acceptors (Lipinski definition) is 6. The lowest BCUT2D eigenvalue weighted by atomic mass is 9.85. The van der Waals surface area contributed by atoms with E-state index in [9.17, 15) is 9.59 Å². The third-order valence-electron chi connectivity index (χ3n) is 12.1. The summed E-state index contributed by atoms with van der Waals surface area (Å²) in [4.78, 5) is 54.6. The highest BCUT2D eigenvalue weighted by Gasteiger charge is 2.51. The fourth-order valence-corrected chi connectivity index (χ4v) is 9.09. The van der Waals surface area contributed by atoms with E-state index in [1.54, 1.807) is 0 Å². The van der Waals surface area contributed by atoms with Crippen LogP contribution in [-0.4, -0.2) is 131 Å². The van der Waals surface area contributed by atoms with Crippen LogP contribution in [-0.2, 0) is 19.1 Å². The normalized spacial score (nSPS) is 32.2. The van der Waals surface area contributed by atoms with E-state index >= 15 is 4.79 Å². The van der Waals surface area contributed by atoms with Crippen molar-refractivity contribution in [1.82, 2.24) is 24.5 Å². The number of hydrogen-bond donors (Lipinski definition) is 0. The molecule has 0 spiro atoms. The molecule has 0 bridgehead atoms. The van der Waals surface area contributed by atoms with Crippen LogP contribution in [0.3, 0.4) is 0 Å². The molecule has 0 N–H and O–H groups in total. The van der Waals surface area contributed by atoms with Gasteiger partial charge in [0.15, 0.2) is 0 Å². The highest BCUT2D eigenvalue weighted by molar-refractivity contribution is 6.30. The number of benzene rings is 1. The van der Waals surface area contributed by atoms with Crippen molar-refractivity contribution in [3.63, 3.8) is 0 Å². The summed E-state index contributed by atoms with van der Waals surface area (Å²) < 4.78 is 5.96. The molecule has 5 fully saturated rings. The molecule has 0 aromatic heterocycles. The average Bonchev–Trinajstić information content (AvgIpc) is 3.86. The third-order valence-corrected chi connectivity index (χ3v) is 12.3. The van der Waals surface area contributed by atoms with Crippen molar-refractivity contribution in [1.29, 1.82) is 0 Å². The number of halogens is 1. The molecular weight excluding hydrogens is 626 g/mol. The largest absolute Gasteiger partial charge is 0.368 e. The molecule has 4 saturated heterocycles. The van der Waals surface area contributed by atoms with Crippen molar-refractivity contribution in [3.8, 4) is 0 Å². The number of carbonyl (C=O) groups is 3. The molecule has 1 aliphatic carbocycles. The quantitative estimate of drug-likeness (QED) is 0.408. The Morgan fingerprint density at radius 3 is 2.19 bits per heavy atom. The minimum absolute atomic E-state index is 0.0126. The first-order valence-electron chi connectivity index (χ1n) is 18.7. The summed E-state index contributed by atoms with van der Waals surface area (Å²) in [7, 11) is 0. The second-order valence-electron chi connectivity index (χ2n) is 16.2. The van der Waals surface area contributed by atoms with Crippen LogP contribution in [0.15, 0.2) is 24.3 Å². The summed E-state index contributed by atoms with van der Waals surface area (Å²) >= 11 is 6.29. The summed E-state index contributed by atoms with van der Waals surface area (Å²) in [6.07, 6.45) is 5.81. The Labute approximate surface area is 293 Å². The van der Waals surface area contributed by atoms with Gasteiger partial charge in [0.25, 0.3) is 5.91 Å². The van der Waals surface area contributed by atoms with Crippen LogP contribution < -0.4 is 0 Å². The van der Waals surface area contributed by atoms with E-state index in [0.29, 0.717) is 50.1 Å². The number of nitrogens with zero attached hydrogens (tertiary/aromatic N) is 5. The first kappa shape index (κ1) is 35.6. The van der Waals surface area contributed by atoms with Crippen molar-refractivity contribution in [2.45, 2.75) is 115 Å². The van der Waals surface area contributed by atoms with Crippen LogP contribution >= 0.6 is 11.6 Å². The molecule has 5 atom stereocenters. The smallest absolute Gasteiger partial charge is 0.252 e. The standard InChI is InChI=1S/C38H58ClN5O4/c1-6-40-17-19-41(20-18-40)36(46)33-22-30(44(29-15-9-26(2)10-16-29)37(47)34-8-7-21-48-34)23-43(33)35(45)32-25-42(38(3,4)5)24-31(32)27-11-13-28(39)14-12-27/h11-14,26,29-34H,6-10,15-25H2,1-5H3/t26-,29+,30-,31-,32+,33-,34-/m0/s1. The summed E-state index contributed by atoms with van der Waals surface area (Å²) in [5, 5.41) is 0.677. The number of likely N-dealkylation sites (tertiary alicyclic amines) is 2. The van der Waals surface area contributed by atoms with E-state index in [4.69, 9.17) is 16.3 Å². The van der Waals surface area contributed by atoms with Gasteiger partial charge in [-0.15, -0.1) is 0 Å². The number of ether oxygens (including phenoxy) is 1. The van der Waals surface area contributed by atoms with Crippen LogP contribution in [0.5, 0.6) is 0 Å². The summed E-state index contributed by atoms with van der Waals surface area (Å²) in [5.41, 5.74) is 0.995. The Morgan fingerprint density at radius 2 is 1.58 bits per heavy atom. The van der Waals surface area contributed by atoms with Crippen LogP contribution in [0.25, 0.3) is 0 Å². The number of likely N-dealkylation sites (N-methyl/N-ethyl adjacent to an activating group) is 1. The second-order valence-corrected chi connectivity index (χ2v) is 16.6. The van der Waals surface area contributed by atoms with Gasteiger partial charge < -0.3 is 24.3 Å². The Hall–Kier alpha value is -2.20. The summed E-state index contributed by atoms with van der Waals surface area (Å²) in [6.45, 7) is 17.5. The van der Waals surface area contributed by atoms with Gasteiger partial charge in [0.2, 0.25) is 11.8 Å². The molecule has 4 heterocycles. The maximum atomic E-state index is 15.0. The van der Waals surface area contributed by atoms with Crippen LogP contribution in [0, 0.1) is 11.8 Å². The number of carbonyl (C=O) groups excluding carboxylic acids is 3. The molecule has 6 rings (SSSR count). The van der Waals surface area contributed by atoms with Crippen LogP contribution in [0.4, 0.5) is 0 Å². The molecule has 10 heteroatoms. The Morgan fingerprint density at radius 1 is 0.896 bits per heavy atom. The lowest BCUT2D eigenvalue weighted by molar-refractivity contribution is -0.148. The minimum atomic E-state index is -0.576. The van der Waals surface area contributed by atoms with E-state index in [-0.39, 0.29) is 47.2 Å². The van der Waals surface area contributed by atoms with Crippen molar-refractivity contribution in [2.24, 2.45) is 11.8 Å². The molecule has 0 radical (unpaired) electrons.